The van der Waals surface area contributed by atoms with Gasteiger partial charge in [-0.15, -0.1) is 0 Å². The SMILES string of the molecule is O=C1c2ccccc2N(c2cccc(C(=O)n3ccnc3)c2)C(=O)c2ccccc2N1c1ccc(C(=O)n2ccnc2)cc1. The van der Waals surface area contributed by atoms with Crippen molar-refractivity contribution in [1.82, 2.24) is 19.1 Å². The molecule has 212 valence electrons. The van der Waals surface area contributed by atoms with Gasteiger partial charge >= 0.3 is 0 Å². The summed E-state index contributed by atoms with van der Waals surface area (Å²) in [6, 6.07) is 27.0. The van der Waals surface area contributed by atoms with Crippen LogP contribution in [0.1, 0.15) is 41.4 Å². The van der Waals surface area contributed by atoms with Gasteiger partial charge in [-0.05, 0) is 66.7 Å². The molecule has 0 atom stereocenters. The number of imidazole rings is 2. The lowest BCUT2D eigenvalue weighted by molar-refractivity contribution is 0.0951. The van der Waals surface area contributed by atoms with E-state index in [1.54, 1.807) is 109 Å². The Balaban J connectivity index is 1.35. The first kappa shape index (κ1) is 26.5. The lowest BCUT2D eigenvalue weighted by Gasteiger charge is -2.33. The Morgan fingerprint density at radius 2 is 1.05 bits per heavy atom. The van der Waals surface area contributed by atoms with Crippen LogP contribution >= 0.6 is 0 Å². The maximum absolute atomic E-state index is 14.5. The number of anilines is 4. The van der Waals surface area contributed by atoms with Crippen LogP contribution < -0.4 is 9.80 Å². The van der Waals surface area contributed by atoms with Crippen molar-refractivity contribution in [3.8, 4) is 0 Å². The summed E-state index contributed by atoms with van der Waals surface area (Å²) in [6.45, 7) is 0. The molecule has 3 heterocycles. The molecule has 0 N–H and O–H groups in total. The minimum atomic E-state index is -0.385. The van der Waals surface area contributed by atoms with E-state index in [2.05, 4.69) is 9.97 Å². The Labute approximate surface area is 251 Å². The number of nitrogens with zero attached hydrogens (tertiary/aromatic N) is 6. The number of hydrogen-bond donors (Lipinski definition) is 0. The second-order valence-corrected chi connectivity index (χ2v) is 9.96. The Kier molecular flexibility index (Phi) is 6.48. The number of rotatable bonds is 4. The molecule has 2 aromatic heterocycles. The van der Waals surface area contributed by atoms with Gasteiger partial charge in [0.15, 0.2) is 0 Å². The summed E-state index contributed by atoms with van der Waals surface area (Å²) in [5.74, 6) is -1.33. The van der Waals surface area contributed by atoms with Crippen LogP contribution in [0.25, 0.3) is 0 Å². The second kappa shape index (κ2) is 10.8. The summed E-state index contributed by atoms with van der Waals surface area (Å²) in [5, 5.41) is 0. The molecular weight excluding hydrogens is 556 g/mol. The second-order valence-electron chi connectivity index (χ2n) is 9.96. The highest BCUT2D eigenvalue weighted by atomic mass is 16.2. The molecular formula is C34H22N6O4. The van der Waals surface area contributed by atoms with E-state index in [0.717, 1.165) is 0 Å². The number of para-hydroxylation sites is 2. The van der Waals surface area contributed by atoms with Crippen molar-refractivity contribution in [3.63, 3.8) is 0 Å². The molecule has 0 bridgehead atoms. The largest absolute Gasteiger partial charge is 0.276 e. The predicted molar refractivity (Wildman–Crippen MR) is 163 cm³/mol. The summed E-state index contributed by atoms with van der Waals surface area (Å²) in [7, 11) is 0. The van der Waals surface area contributed by atoms with Crippen LogP contribution in [0.2, 0.25) is 0 Å². The van der Waals surface area contributed by atoms with Crippen molar-refractivity contribution in [2.45, 2.75) is 0 Å². The van der Waals surface area contributed by atoms with Crippen molar-refractivity contribution in [2.75, 3.05) is 9.80 Å². The third-order valence-electron chi connectivity index (χ3n) is 7.36. The number of benzene rings is 4. The number of aromatic nitrogens is 4. The zero-order valence-electron chi connectivity index (χ0n) is 23.0. The van der Waals surface area contributed by atoms with Crippen molar-refractivity contribution in [2.24, 2.45) is 0 Å². The average molecular weight is 579 g/mol. The van der Waals surface area contributed by atoms with Gasteiger partial charge in [0.25, 0.3) is 23.6 Å². The van der Waals surface area contributed by atoms with Gasteiger partial charge < -0.3 is 0 Å². The van der Waals surface area contributed by atoms with E-state index in [1.807, 2.05) is 0 Å². The monoisotopic (exact) mass is 578 g/mol. The lowest BCUT2D eigenvalue weighted by Crippen LogP contribution is -2.36. The first-order chi connectivity index (χ1) is 21.5. The van der Waals surface area contributed by atoms with E-state index in [9.17, 15) is 19.2 Å². The molecule has 6 aromatic rings. The number of fused-ring (bicyclic) bond motifs is 2. The van der Waals surface area contributed by atoms with Gasteiger partial charge in [-0.25, -0.2) is 9.97 Å². The summed E-state index contributed by atoms with van der Waals surface area (Å²) < 4.78 is 2.72. The number of amides is 2. The molecule has 10 heteroatoms. The molecule has 1 aliphatic rings. The quantitative estimate of drug-likeness (QED) is 0.264. The third kappa shape index (κ3) is 4.47. The highest BCUT2D eigenvalue weighted by molar-refractivity contribution is 6.24. The maximum Gasteiger partial charge on any atom is 0.264 e. The molecule has 0 saturated carbocycles. The molecule has 7 rings (SSSR count). The fraction of sp³-hybridized carbons (Fsp3) is 0. The minimum Gasteiger partial charge on any atom is -0.276 e. The van der Waals surface area contributed by atoms with Crippen LogP contribution in [-0.4, -0.2) is 42.7 Å². The van der Waals surface area contributed by atoms with Gasteiger partial charge in [0.05, 0.1) is 28.2 Å². The molecule has 10 nitrogen and oxygen atoms in total. The Morgan fingerprint density at radius 3 is 1.59 bits per heavy atom. The molecule has 4 aromatic carbocycles. The zero-order chi connectivity index (χ0) is 30.2. The Bertz CT molecular complexity index is 2050. The van der Waals surface area contributed by atoms with E-state index < -0.39 is 0 Å². The summed E-state index contributed by atoms with van der Waals surface area (Å²) in [4.78, 5) is 65.6. The standard InChI is InChI=1S/C34H22N6O4/c41-31(37-18-16-35-21-37)23-12-14-25(15-13-23)39-29-10-3-1-8-27(29)34(44)40(30-11-4-2-9-28(30)33(39)43)26-7-5-6-24(20-26)32(42)38-19-17-36-22-38/h1-22H. The smallest absolute Gasteiger partial charge is 0.264 e. The zero-order valence-corrected chi connectivity index (χ0v) is 23.0. The van der Waals surface area contributed by atoms with Crippen molar-refractivity contribution < 1.29 is 19.2 Å². The Morgan fingerprint density at radius 1 is 0.523 bits per heavy atom. The van der Waals surface area contributed by atoms with Gasteiger partial charge in [0, 0.05) is 41.6 Å². The molecule has 2 amide bonds. The molecule has 0 spiro atoms. The fourth-order valence-electron chi connectivity index (χ4n) is 5.26. The average Bonchev–Trinajstić information content (AvgIpc) is 3.81. The molecule has 0 fully saturated rings. The first-order valence-corrected chi connectivity index (χ1v) is 13.6. The van der Waals surface area contributed by atoms with Gasteiger partial charge in [-0.3, -0.25) is 38.1 Å². The highest BCUT2D eigenvalue weighted by Gasteiger charge is 2.34. The van der Waals surface area contributed by atoms with E-state index in [4.69, 9.17) is 0 Å². The Hall–Kier alpha value is -6.42. The van der Waals surface area contributed by atoms with Crippen molar-refractivity contribution >= 4 is 46.4 Å². The topological polar surface area (TPSA) is 110 Å². The number of carbonyl (C=O) groups excluding carboxylic acids is 4. The summed E-state index contributed by atoms with van der Waals surface area (Å²) >= 11 is 0. The van der Waals surface area contributed by atoms with Crippen LogP contribution in [0.5, 0.6) is 0 Å². The molecule has 0 unspecified atom stereocenters. The summed E-state index contributed by atoms with van der Waals surface area (Å²) in [5.41, 5.74) is 2.95. The van der Waals surface area contributed by atoms with Gasteiger partial charge in [-0.1, -0.05) is 30.3 Å². The molecule has 0 radical (unpaired) electrons. The first-order valence-electron chi connectivity index (χ1n) is 13.6. The van der Waals surface area contributed by atoms with Crippen LogP contribution in [0, 0.1) is 0 Å². The van der Waals surface area contributed by atoms with E-state index in [1.165, 1.54) is 44.0 Å². The van der Waals surface area contributed by atoms with Crippen LogP contribution in [-0.2, 0) is 0 Å². The summed E-state index contributed by atoms with van der Waals surface area (Å²) in [6.07, 6.45) is 8.98. The molecule has 0 aliphatic carbocycles. The third-order valence-corrected chi connectivity index (χ3v) is 7.36. The van der Waals surface area contributed by atoms with Crippen LogP contribution in [0.3, 0.4) is 0 Å². The normalized spacial score (nSPS) is 12.7. The minimum absolute atomic E-state index is 0.265. The maximum atomic E-state index is 14.5. The van der Waals surface area contributed by atoms with Crippen LogP contribution in [0.15, 0.2) is 135 Å². The van der Waals surface area contributed by atoms with Crippen molar-refractivity contribution in [3.05, 3.63) is 157 Å². The van der Waals surface area contributed by atoms with E-state index >= 15 is 0 Å². The van der Waals surface area contributed by atoms with Gasteiger partial charge in [0.1, 0.15) is 12.7 Å². The lowest BCUT2D eigenvalue weighted by atomic mass is 10.0. The molecule has 44 heavy (non-hydrogen) atoms. The molecule has 0 saturated heterocycles. The van der Waals surface area contributed by atoms with Gasteiger partial charge in [0.2, 0.25) is 0 Å². The highest BCUT2D eigenvalue weighted by Crippen LogP contribution is 2.40. The predicted octanol–water partition coefficient (Wildman–Crippen LogP) is 5.73. The van der Waals surface area contributed by atoms with Crippen LogP contribution in [0.4, 0.5) is 22.7 Å². The van der Waals surface area contributed by atoms with Crippen molar-refractivity contribution in [1.29, 1.82) is 0 Å². The van der Waals surface area contributed by atoms with Gasteiger partial charge in [-0.2, -0.15) is 0 Å². The molecule has 1 aliphatic heterocycles. The number of hydrogen-bond acceptors (Lipinski definition) is 6. The number of carbonyl (C=O) groups is 4. The van der Waals surface area contributed by atoms with E-state index in [0.29, 0.717) is 33.9 Å². The fourth-order valence-corrected chi connectivity index (χ4v) is 5.26. The van der Waals surface area contributed by atoms with E-state index in [-0.39, 0.29) is 34.8 Å².